The molecule has 22 heteroatoms. The van der Waals surface area contributed by atoms with E-state index in [1.54, 1.807) is 34.0 Å². The van der Waals surface area contributed by atoms with Crippen molar-refractivity contribution in [3.8, 4) is 11.3 Å². The van der Waals surface area contributed by atoms with Crippen molar-refractivity contribution in [3.05, 3.63) is 72.1 Å². The SMILES string of the molecule is CO[C@@H]1C[C@@H](CC(C)[C@@H]2CC(=O)[C@H](C)/C=C(\C)[C@@H](O)[C@@H](OC)C(=O)[C@H](C)C[C@H](C)/C=C/C=C/C=C(/C)[C@@H](OCCCNc3nc4cc(-c5nn(C(C)C)c6ncnc(N)c56)ccc4o3)C[C@@H]3CC[C@@H](C)[C@@](O)(O3)C(=O)C(=O)N3CCCCC3C(=O)O2)CC[C@H]1O. The van der Waals surface area contributed by atoms with Crippen LogP contribution in [0.25, 0.3) is 33.4 Å². The van der Waals surface area contributed by atoms with Crippen molar-refractivity contribution in [1.82, 2.24) is 29.6 Å². The minimum atomic E-state index is -2.52. The number of nitrogens with one attached hydrogen (secondary N) is 1. The van der Waals surface area contributed by atoms with E-state index in [4.69, 9.17) is 43.9 Å². The zero-order chi connectivity index (χ0) is 65.1. The fraction of sp³-hybridized carbons (Fsp3) is 0.632. The molecule has 3 aromatic heterocycles. The zero-order valence-electron chi connectivity index (χ0n) is 54.3. The van der Waals surface area contributed by atoms with Crippen LogP contribution >= 0.6 is 0 Å². The predicted molar refractivity (Wildman–Crippen MR) is 340 cm³/mol. The Bertz CT molecular complexity index is 3280. The monoisotopic (exact) mass is 1250 g/mol. The van der Waals surface area contributed by atoms with Crippen molar-refractivity contribution in [2.75, 3.05) is 45.0 Å². The summed E-state index contributed by atoms with van der Waals surface area (Å²) in [5.74, 6) is -8.14. The Morgan fingerprint density at radius 2 is 1.68 bits per heavy atom. The number of allylic oxidation sites excluding steroid dienone is 6. The molecule has 22 nitrogen and oxygen atoms in total. The molecule has 15 atom stereocenters. The fourth-order valence-electron chi connectivity index (χ4n) is 13.2. The van der Waals surface area contributed by atoms with Crippen molar-refractivity contribution in [2.45, 2.75) is 206 Å². The minimum Gasteiger partial charge on any atom is -0.460 e. The number of fused-ring (bicyclic) bond motifs is 5. The highest BCUT2D eigenvalue weighted by Gasteiger charge is 2.53. The summed E-state index contributed by atoms with van der Waals surface area (Å²) in [5.41, 5.74) is 10.8. The summed E-state index contributed by atoms with van der Waals surface area (Å²) in [5, 5.41) is 43.4. The number of nitrogens with zero attached hydrogens (tertiary/aromatic N) is 6. The van der Waals surface area contributed by atoms with Crippen LogP contribution in [0.1, 0.15) is 152 Å². The summed E-state index contributed by atoms with van der Waals surface area (Å²) in [7, 11) is 2.94. The molecule has 90 heavy (non-hydrogen) atoms. The largest absolute Gasteiger partial charge is 0.460 e. The number of hydrogen-bond donors (Lipinski definition) is 5. The van der Waals surface area contributed by atoms with Gasteiger partial charge in [-0.25, -0.2) is 19.4 Å². The summed E-state index contributed by atoms with van der Waals surface area (Å²) >= 11 is 0. The number of carbonyl (C=O) groups excluding carboxylic acids is 5. The Kier molecular flexibility index (Phi) is 24.0. The lowest BCUT2D eigenvalue weighted by molar-refractivity contribution is -0.266. The average molecular weight is 1250 g/mol. The maximum absolute atomic E-state index is 14.7. The van der Waals surface area contributed by atoms with Gasteiger partial charge in [0.05, 0.1) is 29.8 Å². The Hall–Kier alpha value is -6.53. The normalized spacial score (nSPS) is 32.6. The van der Waals surface area contributed by atoms with Gasteiger partial charge < -0.3 is 59.4 Å². The van der Waals surface area contributed by atoms with Gasteiger partial charge in [-0.05, 0) is 145 Å². The van der Waals surface area contributed by atoms with E-state index in [9.17, 15) is 39.3 Å². The molecule has 3 aliphatic heterocycles. The molecule has 2 unspecified atom stereocenters. The van der Waals surface area contributed by atoms with Crippen molar-refractivity contribution < 1.29 is 67.4 Å². The fourth-order valence-corrected chi connectivity index (χ4v) is 13.2. The molecule has 2 bridgehead atoms. The van der Waals surface area contributed by atoms with Gasteiger partial charge in [0.1, 0.15) is 53.5 Å². The van der Waals surface area contributed by atoms with Crippen LogP contribution < -0.4 is 11.1 Å². The second-order valence-corrected chi connectivity index (χ2v) is 26.1. The van der Waals surface area contributed by atoms with Gasteiger partial charge in [-0.1, -0.05) is 71.1 Å². The number of carbonyl (C=O) groups is 5. The number of aliphatic hydroxyl groups is 3. The molecule has 8 rings (SSSR count). The zero-order valence-corrected chi connectivity index (χ0v) is 54.3. The molecule has 1 aromatic carbocycles. The number of methoxy groups -OCH3 is 2. The van der Waals surface area contributed by atoms with E-state index in [0.29, 0.717) is 116 Å². The van der Waals surface area contributed by atoms with E-state index in [1.807, 2.05) is 94.8 Å². The van der Waals surface area contributed by atoms with Crippen LogP contribution in [0.5, 0.6) is 0 Å². The highest BCUT2D eigenvalue weighted by atomic mass is 16.6. The highest BCUT2D eigenvalue weighted by molar-refractivity contribution is 6.39. The Labute approximate surface area is 528 Å². The molecule has 0 spiro atoms. The van der Waals surface area contributed by atoms with E-state index < -0.39 is 83.9 Å². The molecule has 4 aliphatic rings. The number of ketones is 3. The summed E-state index contributed by atoms with van der Waals surface area (Å²) in [6.45, 7) is 17.4. The molecule has 4 aromatic rings. The van der Waals surface area contributed by atoms with Crippen LogP contribution in [0, 0.1) is 35.5 Å². The van der Waals surface area contributed by atoms with Crippen molar-refractivity contribution in [1.29, 1.82) is 0 Å². The van der Waals surface area contributed by atoms with Gasteiger partial charge in [-0.2, -0.15) is 10.1 Å². The third-order valence-electron chi connectivity index (χ3n) is 18.8. The number of nitrogens with two attached hydrogens (primary N) is 1. The van der Waals surface area contributed by atoms with Crippen molar-refractivity contribution in [2.24, 2.45) is 35.5 Å². The van der Waals surface area contributed by atoms with E-state index in [-0.39, 0.29) is 73.9 Å². The molecule has 6 N–H and O–H groups in total. The van der Waals surface area contributed by atoms with E-state index >= 15 is 0 Å². The molecule has 3 fully saturated rings. The number of cyclic esters (lactones) is 1. The smallest absolute Gasteiger partial charge is 0.329 e. The first kappa shape index (κ1) is 69.4. The molecule has 1 aliphatic carbocycles. The van der Waals surface area contributed by atoms with Crippen LogP contribution in [0.4, 0.5) is 11.8 Å². The molecular formula is C68H96N8O14. The summed E-state index contributed by atoms with van der Waals surface area (Å²) in [6, 6.07) is 4.78. The van der Waals surface area contributed by atoms with Crippen molar-refractivity contribution >= 4 is 63.2 Å². The molecule has 2 saturated heterocycles. The molecule has 1 amide bonds. The number of nitrogen functional groups attached to an aromatic ring is 1. The van der Waals surface area contributed by atoms with Gasteiger partial charge in [-0.15, -0.1) is 0 Å². The van der Waals surface area contributed by atoms with Crippen LogP contribution in [-0.2, 0) is 47.7 Å². The lowest BCUT2D eigenvalue weighted by atomic mass is 9.78. The predicted octanol–water partition coefficient (Wildman–Crippen LogP) is 9.16. The number of aromatic nitrogens is 5. The number of piperidine rings is 1. The number of hydrogen-bond acceptors (Lipinski definition) is 20. The first-order chi connectivity index (χ1) is 42.9. The van der Waals surface area contributed by atoms with Crippen LogP contribution in [0.2, 0.25) is 0 Å². The van der Waals surface area contributed by atoms with Gasteiger partial charge in [0.25, 0.3) is 17.7 Å². The molecular weight excluding hydrogens is 1150 g/mol. The van der Waals surface area contributed by atoms with Gasteiger partial charge in [0.2, 0.25) is 5.79 Å². The van der Waals surface area contributed by atoms with E-state index in [2.05, 4.69) is 15.3 Å². The molecule has 1 saturated carbocycles. The Morgan fingerprint density at radius 3 is 2.42 bits per heavy atom. The number of benzene rings is 1. The minimum absolute atomic E-state index is 0.0296. The van der Waals surface area contributed by atoms with E-state index in [0.717, 1.165) is 11.1 Å². The third-order valence-corrected chi connectivity index (χ3v) is 18.8. The lowest BCUT2D eigenvalue weighted by Crippen LogP contribution is -2.61. The lowest BCUT2D eigenvalue weighted by Gasteiger charge is -2.43. The average Bonchev–Trinajstić information content (AvgIpc) is 1.74. The number of ether oxygens (including phenoxy) is 5. The number of amides is 1. The van der Waals surface area contributed by atoms with Crippen molar-refractivity contribution in [3.63, 3.8) is 0 Å². The summed E-state index contributed by atoms with van der Waals surface area (Å²) in [6.07, 6.45) is 12.2. The number of rotatable bonds is 13. The molecule has 492 valence electrons. The quantitative estimate of drug-likeness (QED) is 0.0360. The topological polar surface area (TPSA) is 303 Å². The number of anilines is 2. The van der Waals surface area contributed by atoms with Crippen LogP contribution in [-0.4, -0.2) is 163 Å². The first-order valence-corrected chi connectivity index (χ1v) is 32.3. The van der Waals surface area contributed by atoms with Gasteiger partial charge in [-0.3, -0.25) is 19.2 Å². The molecule has 0 radical (unpaired) electrons. The van der Waals surface area contributed by atoms with Gasteiger partial charge in [0.15, 0.2) is 17.0 Å². The Balaban J connectivity index is 1.02. The Morgan fingerprint density at radius 1 is 0.900 bits per heavy atom. The number of Topliss-reactive ketones (excluding diaryl/α,β-unsaturated/α-hetero) is 3. The van der Waals surface area contributed by atoms with Crippen LogP contribution in [0.3, 0.4) is 0 Å². The molecule has 6 heterocycles. The standard InChI is InChI=1S/C68H96N8O14/c1-38(2)76-64-57(63(69)71-37-72-64)58(74-76)47-23-26-53-49(34-47)73-67(89-53)70-27-17-29-87-54-35-48-24-21-45(9)68(84,90-48)62(81)65(82)75-28-16-15-20-50(75)66(83)88-55(42(6)32-46-22-25-51(77)56(33-46)85-10)36-52(78)41(5)31-44(8)60(80)61(86-11)59(79)43(7)30-39(3)18-13-12-14-19-40(54)4/h12-14,18-19,23,26,31,34,37-39,41-43,45-46,48,50-51,54-56,60-61,77,80,84H,15-17,20-22,24-25,27-30,32-33,35-36H2,1-11H3,(H,70,73)(H2,69,71,72)/b14-12+,18-13+,40-19-,44-31+/t39-,41-,42?,43-,45-,46-,48+,50?,51-,54+,55+,56-,60-,61+,68-/m1/s1. The van der Waals surface area contributed by atoms with Crippen LogP contribution in [0.15, 0.2) is 76.5 Å². The number of oxazole rings is 1. The van der Waals surface area contributed by atoms with Gasteiger partial charge in [0, 0.05) is 76.1 Å². The number of aliphatic hydroxyl groups excluding tert-OH is 2. The van der Waals surface area contributed by atoms with E-state index in [1.165, 1.54) is 18.3 Å². The highest BCUT2D eigenvalue weighted by Crippen LogP contribution is 2.39. The second kappa shape index (κ2) is 31.2. The number of esters is 1. The summed E-state index contributed by atoms with van der Waals surface area (Å²) < 4.78 is 38.5. The maximum atomic E-state index is 14.7. The maximum Gasteiger partial charge on any atom is 0.329 e. The first-order valence-electron chi connectivity index (χ1n) is 32.3. The second-order valence-electron chi connectivity index (χ2n) is 26.1. The summed E-state index contributed by atoms with van der Waals surface area (Å²) in [4.78, 5) is 86.8. The van der Waals surface area contributed by atoms with Gasteiger partial charge >= 0.3 is 5.97 Å². The third kappa shape index (κ3) is 16.6.